The molecular formula is C23H27BrCl2N2O3. The van der Waals surface area contributed by atoms with Crippen molar-refractivity contribution >= 4 is 50.9 Å². The summed E-state index contributed by atoms with van der Waals surface area (Å²) >= 11 is 16.0. The zero-order valence-electron chi connectivity index (χ0n) is 17.8. The Balaban J connectivity index is 2.25. The molecule has 0 fully saturated rings. The van der Waals surface area contributed by atoms with Crippen LogP contribution in [0.2, 0.25) is 10.0 Å². The molecule has 1 atom stereocenters. The molecule has 0 aliphatic rings. The van der Waals surface area contributed by atoms with Crippen LogP contribution in [0.15, 0.2) is 46.9 Å². The predicted molar refractivity (Wildman–Crippen MR) is 129 cm³/mol. The van der Waals surface area contributed by atoms with E-state index in [0.29, 0.717) is 40.2 Å². The van der Waals surface area contributed by atoms with E-state index in [1.807, 2.05) is 32.9 Å². The van der Waals surface area contributed by atoms with Crippen LogP contribution in [0.5, 0.6) is 5.75 Å². The average molecular weight is 530 g/mol. The van der Waals surface area contributed by atoms with Gasteiger partial charge in [-0.3, -0.25) is 9.59 Å². The van der Waals surface area contributed by atoms with Gasteiger partial charge in [-0.15, -0.1) is 0 Å². The van der Waals surface area contributed by atoms with Crippen molar-refractivity contribution in [3.63, 3.8) is 0 Å². The summed E-state index contributed by atoms with van der Waals surface area (Å²) in [5, 5.41) is 3.80. The number of benzene rings is 2. The maximum atomic E-state index is 13.2. The first-order valence-corrected chi connectivity index (χ1v) is 11.7. The van der Waals surface area contributed by atoms with Gasteiger partial charge in [-0.1, -0.05) is 66.0 Å². The molecule has 2 aromatic carbocycles. The number of carbonyl (C=O) groups excluding carboxylic acids is 2. The SMILES string of the molecule is CCC(C(=O)NCC(C)C)N(Cc1c(Cl)cccc1Cl)C(=O)COc1ccc(Br)cc1. The van der Waals surface area contributed by atoms with E-state index in [0.717, 1.165) is 4.47 Å². The number of amides is 2. The molecule has 1 unspecified atom stereocenters. The Morgan fingerprint density at radius 1 is 1.10 bits per heavy atom. The summed E-state index contributed by atoms with van der Waals surface area (Å²) in [7, 11) is 0. The standard InChI is InChI=1S/C23H27BrCl2N2O3/c1-4-21(23(30)27-12-15(2)3)28(13-18-19(25)6-5-7-20(18)26)22(29)14-31-17-10-8-16(24)9-11-17/h5-11,15,21H,4,12-14H2,1-3H3,(H,27,30). The summed E-state index contributed by atoms with van der Waals surface area (Å²) in [5.74, 6) is 0.316. The van der Waals surface area contributed by atoms with Crippen molar-refractivity contribution in [2.75, 3.05) is 13.2 Å². The van der Waals surface area contributed by atoms with Gasteiger partial charge in [-0.05, 0) is 48.7 Å². The fraction of sp³-hybridized carbons (Fsp3) is 0.391. The molecule has 5 nitrogen and oxygen atoms in total. The van der Waals surface area contributed by atoms with Crippen molar-refractivity contribution in [2.24, 2.45) is 5.92 Å². The van der Waals surface area contributed by atoms with Crippen LogP contribution in [0.25, 0.3) is 0 Å². The molecule has 0 saturated heterocycles. The highest BCUT2D eigenvalue weighted by Crippen LogP contribution is 2.27. The third-order valence-corrected chi connectivity index (χ3v) is 5.87. The minimum Gasteiger partial charge on any atom is -0.484 e. The second-order valence-electron chi connectivity index (χ2n) is 7.53. The van der Waals surface area contributed by atoms with E-state index in [4.69, 9.17) is 27.9 Å². The van der Waals surface area contributed by atoms with Crippen molar-refractivity contribution in [1.29, 1.82) is 0 Å². The van der Waals surface area contributed by atoms with E-state index in [1.54, 1.807) is 30.3 Å². The lowest BCUT2D eigenvalue weighted by molar-refractivity contribution is -0.143. The van der Waals surface area contributed by atoms with Crippen LogP contribution in [-0.2, 0) is 16.1 Å². The number of nitrogens with one attached hydrogen (secondary N) is 1. The Hall–Kier alpha value is -1.76. The van der Waals surface area contributed by atoms with Crippen LogP contribution < -0.4 is 10.1 Å². The largest absolute Gasteiger partial charge is 0.484 e. The Labute approximate surface area is 202 Å². The topological polar surface area (TPSA) is 58.6 Å². The van der Waals surface area contributed by atoms with Gasteiger partial charge in [0.2, 0.25) is 5.91 Å². The van der Waals surface area contributed by atoms with Gasteiger partial charge in [-0.25, -0.2) is 0 Å². The summed E-state index contributed by atoms with van der Waals surface area (Å²) in [6.07, 6.45) is 0.440. The first-order chi connectivity index (χ1) is 14.7. The summed E-state index contributed by atoms with van der Waals surface area (Å²) in [6, 6.07) is 11.7. The second-order valence-corrected chi connectivity index (χ2v) is 9.26. The van der Waals surface area contributed by atoms with Gasteiger partial charge in [0.05, 0.1) is 0 Å². The van der Waals surface area contributed by atoms with Gasteiger partial charge >= 0.3 is 0 Å². The normalized spacial score (nSPS) is 11.8. The Morgan fingerprint density at radius 2 is 1.71 bits per heavy atom. The summed E-state index contributed by atoms with van der Waals surface area (Å²) in [4.78, 5) is 27.5. The van der Waals surface area contributed by atoms with E-state index in [9.17, 15) is 9.59 Å². The molecule has 2 aromatic rings. The van der Waals surface area contributed by atoms with Crippen LogP contribution in [-0.4, -0.2) is 35.9 Å². The molecule has 0 aliphatic heterocycles. The maximum absolute atomic E-state index is 13.2. The molecule has 0 aromatic heterocycles. The smallest absolute Gasteiger partial charge is 0.261 e. The minimum atomic E-state index is -0.674. The number of halogens is 3. The lowest BCUT2D eigenvalue weighted by Gasteiger charge is -2.31. The molecule has 2 rings (SSSR count). The van der Waals surface area contributed by atoms with Crippen LogP contribution in [0.4, 0.5) is 0 Å². The number of hydrogen-bond donors (Lipinski definition) is 1. The molecule has 0 aliphatic carbocycles. The molecule has 0 heterocycles. The van der Waals surface area contributed by atoms with Crippen LogP contribution >= 0.6 is 39.1 Å². The van der Waals surface area contributed by atoms with Gasteiger partial charge in [0.25, 0.3) is 5.91 Å². The van der Waals surface area contributed by atoms with E-state index >= 15 is 0 Å². The molecule has 1 N–H and O–H groups in total. The quantitative estimate of drug-likeness (QED) is 0.428. The average Bonchev–Trinajstić information content (AvgIpc) is 2.73. The van der Waals surface area contributed by atoms with Crippen molar-refractivity contribution < 1.29 is 14.3 Å². The molecule has 0 radical (unpaired) electrons. The Morgan fingerprint density at radius 3 is 2.26 bits per heavy atom. The zero-order chi connectivity index (χ0) is 23.0. The Kier molecular flexibility index (Phi) is 10.1. The predicted octanol–water partition coefficient (Wildman–Crippen LogP) is 5.71. The molecule has 0 spiro atoms. The molecule has 0 saturated carbocycles. The minimum absolute atomic E-state index is 0.106. The maximum Gasteiger partial charge on any atom is 0.261 e. The first kappa shape index (κ1) is 25.5. The van der Waals surface area contributed by atoms with Crippen LogP contribution in [0, 0.1) is 5.92 Å². The number of rotatable bonds is 10. The molecule has 8 heteroatoms. The van der Waals surface area contributed by atoms with E-state index in [2.05, 4.69) is 21.2 Å². The lowest BCUT2D eigenvalue weighted by Crippen LogP contribution is -2.50. The fourth-order valence-corrected chi connectivity index (χ4v) is 3.74. The first-order valence-electron chi connectivity index (χ1n) is 10.1. The third kappa shape index (κ3) is 7.70. The van der Waals surface area contributed by atoms with Crippen molar-refractivity contribution in [2.45, 2.75) is 39.8 Å². The number of carbonyl (C=O) groups is 2. The molecule has 2 amide bonds. The highest BCUT2D eigenvalue weighted by Gasteiger charge is 2.30. The van der Waals surface area contributed by atoms with E-state index in [1.165, 1.54) is 4.90 Å². The van der Waals surface area contributed by atoms with Crippen molar-refractivity contribution in [3.05, 3.63) is 62.5 Å². The van der Waals surface area contributed by atoms with Gasteiger partial charge in [0.15, 0.2) is 6.61 Å². The molecule has 0 bridgehead atoms. The van der Waals surface area contributed by atoms with E-state index in [-0.39, 0.29) is 25.0 Å². The van der Waals surface area contributed by atoms with Gasteiger partial charge in [0, 0.05) is 33.2 Å². The van der Waals surface area contributed by atoms with Crippen LogP contribution in [0.1, 0.15) is 32.8 Å². The Bertz CT molecular complexity index is 871. The summed E-state index contributed by atoms with van der Waals surface area (Å²) in [5.41, 5.74) is 0.595. The highest BCUT2D eigenvalue weighted by atomic mass is 79.9. The summed E-state index contributed by atoms with van der Waals surface area (Å²) < 4.78 is 6.58. The highest BCUT2D eigenvalue weighted by molar-refractivity contribution is 9.10. The summed E-state index contributed by atoms with van der Waals surface area (Å²) in [6.45, 7) is 6.31. The van der Waals surface area contributed by atoms with Gasteiger partial charge in [0.1, 0.15) is 11.8 Å². The second kappa shape index (κ2) is 12.3. The number of hydrogen-bond acceptors (Lipinski definition) is 3. The molecular weight excluding hydrogens is 503 g/mol. The van der Waals surface area contributed by atoms with Crippen molar-refractivity contribution in [3.8, 4) is 5.75 Å². The van der Waals surface area contributed by atoms with E-state index < -0.39 is 6.04 Å². The van der Waals surface area contributed by atoms with Gasteiger partial charge in [-0.2, -0.15) is 0 Å². The zero-order valence-corrected chi connectivity index (χ0v) is 20.9. The van der Waals surface area contributed by atoms with Gasteiger partial charge < -0.3 is 15.0 Å². The fourth-order valence-electron chi connectivity index (χ4n) is 2.95. The molecule has 168 valence electrons. The number of ether oxygens (including phenoxy) is 1. The van der Waals surface area contributed by atoms with Crippen LogP contribution in [0.3, 0.4) is 0 Å². The number of nitrogens with zero attached hydrogens (tertiary/aromatic N) is 1. The van der Waals surface area contributed by atoms with Crippen molar-refractivity contribution in [1.82, 2.24) is 10.2 Å². The molecule has 31 heavy (non-hydrogen) atoms. The lowest BCUT2D eigenvalue weighted by atomic mass is 10.1. The monoisotopic (exact) mass is 528 g/mol. The third-order valence-electron chi connectivity index (χ3n) is 4.64.